The Kier molecular flexibility index (Phi) is 7.32. The van der Waals surface area contributed by atoms with E-state index < -0.39 is 0 Å². The Labute approximate surface area is 113 Å². The summed E-state index contributed by atoms with van der Waals surface area (Å²) in [5.41, 5.74) is 0.763. The van der Waals surface area contributed by atoms with Gasteiger partial charge in [-0.05, 0) is 24.6 Å². The van der Waals surface area contributed by atoms with E-state index >= 15 is 0 Å². The lowest BCUT2D eigenvalue weighted by atomic mass is 10.2. The summed E-state index contributed by atoms with van der Waals surface area (Å²) in [6.45, 7) is 6.45. The van der Waals surface area contributed by atoms with Crippen molar-refractivity contribution in [2.24, 2.45) is 5.92 Å². The molecule has 0 aromatic heterocycles. The van der Waals surface area contributed by atoms with Crippen LogP contribution < -0.4 is 5.32 Å². The fourth-order valence-electron chi connectivity index (χ4n) is 1.57. The van der Waals surface area contributed by atoms with E-state index in [1.807, 2.05) is 6.07 Å². The first-order chi connectivity index (χ1) is 8.65. The first-order valence-corrected chi connectivity index (χ1v) is 7.23. The SMILES string of the molecule is COCCSc1cccc(F)c1CNCC(C)C. The standard InChI is InChI=1S/C14H22FNOS/c1-11(2)9-16-10-12-13(15)5-4-6-14(12)18-8-7-17-3/h4-6,11,16H,7-10H2,1-3H3. The summed E-state index contributed by atoms with van der Waals surface area (Å²) >= 11 is 1.64. The van der Waals surface area contributed by atoms with Crippen molar-refractivity contribution >= 4 is 11.8 Å². The van der Waals surface area contributed by atoms with Crippen LogP contribution in [0.25, 0.3) is 0 Å². The second-order valence-corrected chi connectivity index (χ2v) is 5.72. The third kappa shape index (κ3) is 5.38. The zero-order chi connectivity index (χ0) is 13.4. The lowest BCUT2D eigenvalue weighted by Gasteiger charge is -2.12. The Hall–Kier alpha value is -0.580. The highest BCUT2D eigenvalue weighted by Crippen LogP contribution is 2.24. The van der Waals surface area contributed by atoms with Crippen LogP contribution in [0.3, 0.4) is 0 Å². The normalized spacial score (nSPS) is 11.2. The number of rotatable bonds is 8. The van der Waals surface area contributed by atoms with Crippen LogP contribution in [0.5, 0.6) is 0 Å². The Balaban J connectivity index is 2.61. The van der Waals surface area contributed by atoms with Crippen LogP contribution in [-0.2, 0) is 11.3 Å². The van der Waals surface area contributed by atoms with Gasteiger partial charge in [0.25, 0.3) is 0 Å². The van der Waals surface area contributed by atoms with Gasteiger partial charge in [0, 0.05) is 29.9 Å². The molecule has 0 saturated heterocycles. The molecule has 1 rings (SSSR count). The molecular weight excluding hydrogens is 249 g/mol. The highest BCUT2D eigenvalue weighted by atomic mass is 32.2. The Bertz CT molecular complexity index is 358. The fourth-order valence-corrected chi connectivity index (χ4v) is 2.56. The van der Waals surface area contributed by atoms with Gasteiger partial charge in [-0.1, -0.05) is 19.9 Å². The molecule has 0 amide bonds. The van der Waals surface area contributed by atoms with Crippen molar-refractivity contribution in [2.45, 2.75) is 25.3 Å². The maximum absolute atomic E-state index is 13.8. The molecule has 2 nitrogen and oxygen atoms in total. The van der Waals surface area contributed by atoms with Crippen LogP contribution in [0.1, 0.15) is 19.4 Å². The maximum atomic E-state index is 13.8. The lowest BCUT2D eigenvalue weighted by Crippen LogP contribution is -2.20. The van der Waals surface area contributed by atoms with Gasteiger partial charge in [0.1, 0.15) is 5.82 Å². The third-order valence-corrected chi connectivity index (χ3v) is 3.54. The predicted molar refractivity (Wildman–Crippen MR) is 75.5 cm³/mol. The molecule has 0 aliphatic carbocycles. The van der Waals surface area contributed by atoms with Crippen molar-refractivity contribution in [2.75, 3.05) is 26.0 Å². The maximum Gasteiger partial charge on any atom is 0.128 e. The molecule has 0 heterocycles. The molecule has 0 bridgehead atoms. The molecule has 0 radical (unpaired) electrons. The average molecular weight is 271 g/mol. The van der Waals surface area contributed by atoms with E-state index in [9.17, 15) is 4.39 Å². The van der Waals surface area contributed by atoms with Crippen molar-refractivity contribution < 1.29 is 9.13 Å². The molecule has 0 atom stereocenters. The van der Waals surface area contributed by atoms with Gasteiger partial charge in [0.15, 0.2) is 0 Å². The number of thioether (sulfide) groups is 1. The quantitative estimate of drug-likeness (QED) is 0.579. The fraction of sp³-hybridized carbons (Fsp3) is 0.571. The van der Waals surface area contributed by atoms with Gasteiger partial charge in [-0.15, -0.1) is 11.8 Å². The summed E-state index contributed by atoms with van der Waals surface area (Å²) in [5, 5.41) is 3.29. The van der Waals surface area contributed by atoms with E-state index in [2.05, 4.69) is 19.2 Å². The molecule has 4 heteroatoms. The minimum Gasteiger partial charge on any atom is -0.384 e. The molecule has 1 aromatic carbocycles. The number of hydrogen-bond acceptors (Lipinski definition) is 3. The molecule has 18 heavy (non-hydrogen) atoms. The van der Waals surface area contributed by atoms with E-state index in [1.165, 1.54) is 6.07 Å². The van der Waals surface area contributed by atoms with Gasteiger partial charge in [-0.25, -0.2) is 4.39 Å². The number of methoxy groups -OCH3 is 1. The minimum atomic E-state index is -0.131. The topological polar surface area (TPSA) is 21.3 Å². The minimum absolute atomic E-state index is 0.131. The smallest absolute Gasteiger partial charge is 0.128 e. The van der Waals surface area contributed by atoms with Gasteiger partial charge in [0.05, 0.1) is 6.61 Å². The summed E-state index contributed by atoms with van der Waals surface area (Å²) < 4.78 is 18.8. The molecule has 1 N–H and O–H groups in total. The van der Waals surface area contributed by atoms with Crippen molar-refractivity contribution in [3.8, 4) is 0 Å². The Morgan fingerprint density at radius 2 is 2.17 bits per heavy atom. The van der Waals surface area contributed by atoms with Crippen LogP contribution in [0.2, 0.25) is 0 Å². The third-order valence-electron chi connectivity index (χ3n) is 2.48. The zero-order valence-corrected chi connectivity index (χ0v) is 12.1. The van der Waals surface area contributed by atoms with Crippen molar-refractivity contribution in [1.29, 1.82) is 0 Å². The van der Waals surface area contributed by atoms with E-state index in [0.717, 1.165) is 22.8 Å². The van der Waals surface area contributed by atoms with Gasteiger partial charge in [0.2, 0.25) is 0 Å². The summed E-state index contributed by atoms with van der Waals surface area (Å²) in [5.74, 6) is 1.28. The molecule has 0 fully saturated rings. The summed E-state index contributed by atoms with van der Waals surface area (Å²) in [6, 6.07) is 5.25. The van der Waals surface area contributed by atoms with Crippen LogP contribution in [0.15, 0.2) is 23.1 Å². The van der Waals surface area contributed by atoms with Crippen LogP contribution in [-0.4, -0.2) is 26.0 Å². The Morgan fingerprint density at radius 1 is 1.39 bits per heavy atom. The largest absolute Gasteiger partial charge is 0.384 e. The first kappa shape index (κ1) is 15.5. The molecule has 102 valence electrons. The number of ether oxygens (including phenoxy) is 1. The summed E-state index contributed by atoms with van der Waals surface area (Å²) in [4.78, 5) is 1.00. The van der Waals surface area contributed by atoms with Crippen molar-refractivity contribution in [1.82, 2.24) is 5.32 Å². The van der Waals surface area contributed by atoms with Crippen LogP contribution in [0.4, 0.5) is 4.39 Å². The van der Waals surface area contributed by atoms with Gasteiger partial charge in [-0.3, -0.25) is 0 Å². The van der Waals surface area contributed by atoms with E-state index in [-0.39, 0.29) is 5.82 Å². The molecule has 0 unspecified atom stereocenters. The average Bonchev–Trinajstić information content (AvgIpc) is 2.32. The highest BCUT2D eigenvalue weighted by Gasteiger charge is 2.08. The number of hydrogen-bond donors (Lipinski definition) is 1. The number of halogens is 1. The first-order valence-electron chi connectivity index (χ1n) is 6.25. The molecule has 1 aromatic rings. The zero-order valence-electron chi connectivity index (χ0n) is 11.3. The van der Waals surface area contributed by atoms with Crippen molar-refractivity contribution in [3.05, 3.63) is 29.6 Å². The second kappa shape index (κ2) is 8.51. The molecule has 0 spiro atoms. The molecule has 0 aliphatic rings. The highest BCUT2D eigenvalue weighted by molar-refractivity contribution is 7.99. The van der Waals surface area contributed by atoms with Crippen LogP contribution in [0, 0.1) is 11.7 Å². The molecule has 0 aliphatic heterocycles. The van der Waals surface area contributed by atoms with E-state index in [4.69, 9.17) is 4.74 Å². The van der Waals surface area contributed by atoms with Gasteiger partial charge >= 0.3 is 0 Å². The lowest BCUT2D eigenvalue weighted by molar-refractivity contribution is 0.218. The van der Waals surface area contributed by atoms with Gasteiger partial charge < -0.3 is 10.1 Å². The van der Waals surface area contributed by atoms with Crippen molar-refractivity contribution in [3.63, 3.8) is 0 Å². The summed E-state index contributed by atoms with van der Waals surface area (Å²) in [7, 11) is 1.68. The van der Waals surface area contributed by atoms with Crippen LogP contribution >= 0.6 is 11.8 Å². The molecule has 0 saturated carbocycles. The summed E-state index contributed by atoms with van der Waals surface area (Å²) in [6.07, 6.45) is 0. The Morgan fingerprint density at radius 3 is 2.83 bits per heavy atom. The molecular formula is C14H22FNOS. The number of benzene rings is 1. The predicted octanol–water partition coefficient (Wildman–Crippen LogP) is 3.31. The second-order valence-electron chi connectivity index (χ2n) is 4.58. The van der Waals surface area contributed by atoms with E-state index in [0.29, 0.717) is 19.1 Å². The number of nitrogens with one attached hydrogen (secondary N) is 1. The van der Waals surface area contributed by atoms with Gasteiger partial charge in [-0.2, -0.15) is 0 Å². The van der Waals surface area contributed by atoms with E-state index in [1.54, 1.807) is 24.9 Å². The monoisotopic (exact) mass is 271 g/mol.